The van der Waals surface area contributed by atoms with Crippen molar-refractivity contribution in [1.29, 1.82) is 0 Å². The van der Waals surface area contributed by atoms with Crippen LogP contribution in [0.4, 0.5) is 5.69 Å². The van der Waals surface area contributed by atoms with Crippen molar-refractivity contribution < 1.29 is 24.2 Å². The number of aliphatic carboxylic acids is 1. The third-order valence-corrected chi connectivity index (χ3v) is 5.52. The largest absolute Gasteiger partial charge is 0.486 e. The van der Waals surface area contributed by atoms with E-state index in [1.165, 1.54) is 12.1 Å². The summed E-state index contributed by atoms with van der Waals surface area (Å²) in [6.07, 6.45) is 0. The smallest absolute Gasteiger partial charge is 0.322 e. The summed E-state index contributed by atoms with van der Waals surface area (Å²) in [4.78, 5) is 34.6. The van der Waals surface area contributed by atoms with Gasteiger partial charge in [-0.15, -0.1) is 0 Å². The molecule has 160 valence electrons. The fourth-order valence-corrected chi connectivity index (χ4v) is 3.94. The Bertz CT molecular complexity index is 959. The molecule has 7 nitrogen and oxygen atoms in total. The van der Waals surface area contributed by atoms with Crippen molar-refractivity contribution in [2.75, 3.05) is 11.9 Å². The van der Waals surface area contributed by atoms with Gasteiger partial charge in [-0.1, -0.05) is 37.6 Å². The molecule has 0 bridgehead atoms. The summed E-state index contributed by atoms with van der Waals surface area (Å²) in [5, 5.41) is 14.1. The molecular formula is C20H19Br2ClN2O5. The van der Waals surface area contributed by atoms with Crippen LogP contribution in [-0.2, 0) is 16.2 Å². The lowest BCUT2D eigenvalue weighted by atomic mass is 10.1. The molecule has 3 N–H and O–H groups in total. The van der Waals surface area contributed by atoms with Crippen LogP contribution in [0.2, 0.25) is 5.02 Å². The Morgan fingerprint density at radius 3 is 2.37 bits per heavy atom. The molecule has 0 fully saturated rings. The summed E-state index contributed by atoms with van der Waals surface area (Å²) >= 11 is 13.1. The summed E-state index contributed by atoms with van der Waals surface area (Å²) in [5.74, 6) is -1.54. The average Bonchev–Trinajstić information content (AvgIpc) is 2.67. The van der Waals surface area contributed by atoms with E-state index in [2.05, 4.69) is 42.5 Å². The Morgan fingerprint density at radius 1 is 1.17 bits per heavy atom. The van der Waals surface area contributed by atoms with Gasteiger partial charge < -0.3 is 20.5 Å². The maximum atomic E-state index is 12.1. The molecule has 2 aromatic rings. The number of carbonyl (C=O) groups is 3. The van der Waals surface area contributed by atoms with Gasteiger partial charge in [-0.25, -0.2) is 0 Å². The first-order valence-corrected chi connectivity index (χ1v) is 10.8. The average molecular weight is 563 g/mol. The molecule has 0 spiro atoms. The fraction of sp³-hybridized carbons (Fsp3) is 0.250. The molecule has 0 radical (unpaired) electrons. The zero-order valence-electron chi connectivity index (χ0n) is 16.1. The van der Waals surface area contributed by atoms with E-state index in [1.807, 2.05) is 0 Å². The molecule has 0 aromatic heterocycles. The van der Waals surface area contributed by atoms with E-state index < -0.39 is 18.4 Å². The van der Waals surface area contributed by atoms with Crippen molar-refractivity contribution in [3.8, 4) is 5.75 Å². The lowest BCUT2D eigenvalue weighted by molar-refractivity contribution is -0.135. The molecule has 0 aliphatic carbocycles. The highest BCUT2D eigenvalue weighted by Crippen LogP contribution is 2.36. The zero-order valence-corrected chi connectivity index (χ0v) is 20.0. The number of amides is 2. The Kier molecular flexibility index (Phi) is 8.69. The van der Waals surface area contributed by atoms with Crippen LogP contribution in [0.15, 0.2) is 39.3 Å². The van der Waals surface area contributed by atoms with E-state index in [-0.39, 0.29) is 24.0 Å². The third kappa shape index (κ3) is 6.45. The number of carboxylic acid groups (broad SMARTS) is 1. The minimum atomic E-state index is -1.13. The quantitative estimate of drug-likeness (QED) is 0.427. The molecule has 2 aromatic carbocycles. The molecule has 2 amide bonds. The highest BCUT2D eigenvalue weighted by Gasteiger charge is 2.16. The second-order valence-corrected chi connectivity index (χ2v) is 8.64. The van der Waals surface area contributed by atoms with Gasteiger partial charge in [-0.2, -0.15) is 0 Å². The summed E-state index contributed by atoms with van der Waals surface area (Å²) < 4.78 is 6.85. The predicted molar refractivity (Wildman–Crippen MR) is 121 cm³/mol. The van der Waals surface area contributed by atoms with Gasteiger partial charge in [0.25, 0.3) is 5.91 Å². The van der Waals surface area contributed by atoms with Gasteiger partial charge in [0.15, 0.2) is 0 Å². The second kappa shape index (κ2) is 10.8. The number of hydrogen-bond donors (Lipinski definition) is 3. The molecule has 0 unspecified atom stereocenters. The summed E-state index contributed by atoms with van der Waals surface area (Å²) in [7, 11) is 0. The third-order valence-electron chi connectivity index (χ3n) is 3.89. The number of ether oxygens (including phenoxy) is 1. The molecule has 0 aliphatic heterocycles. The molecule has 30 heavy (non-hydrogen) atoms. The summed E-state index contributed by atoms with van der Waals surface area (Å²) in [6.45, 7) is 3.22. The number of halogens is 3. The Labute approximate surface area is 195 Å². The predicted octanol–water partition coefficient (Wildman–Crippen LogP) is 4.85. The molecule has 0 aliphatic rings. The summed E-state index contributed by atoms with van der Waals surface area (Å²) in [5.41, 5.74) is 1.43. The number of carboxylic acids is 1. The number of rotatable bonds is 8. The van der Waals surface area contributed by atoms with Crippen LogP contribution in [0.3, 0.4) is 0 Å². The zero-order chi connectivity index (χ0) is 22.4. The maximum Gasteiger partial charge on any atom is 0.322 e. The number of benzene rings is 2. The van der Waals surface area contributed by atoms with E-state index in [0.717, 1.165) is 0 Å². The highest BCUT2D eigenvalue weighted by atomic mass is 79.9. The minimum absolute atomic E-state index is 0.117. The molecular weight excluding hydrogens is 543 g/mol. The van der Waals surface area contributed by atoms with Crippen molar-refractivity contribution >= 4 is 66.9 Å². The normalized spacial score (nSPS) is 10.6. The molecule has 2 rings (SSSR count). The van der Waals surface area contributed by atoms with Crippen molar-refractivity contribution in [2.24, 2.45) is 5.92 Å². The Balaban J connectivity index is 2.15. The van der Waals surface area contributed by atoms with Crippen LogP contribution < -0.4 is 15.4 Å². The lowest BCUT2D eigenvalue weighted by Crippen LogP contribution is -2.29. The van der Waals surface area contributed by atoms with E-state index in [1.54, 1.807) is 32.0 Å². The first kappa shape index (κ1) is 24.2. The van der Waals surface area contributed by atoms with Crippen LogP contribution in [0.25, 0.3) is 0 Å². The topological polar surface area (TPSA) is 105 Å². The molecule has 0 atom stereocenters. The monoisotopic (exact) mass is 560 g/mol. The van der Waals surface area contributed by atoms with Crippen molar-refractivity contribution in [3.63, 3.8) is 0 Å². The molecule has 0 saturated heterocycles. The second-order valence-electron chi connectivity index (χ2n) is 6.56. The Morgan fingerprint density at radius 2 is 1.80 bits per heavy atom. The van der Waals surface area contributed by atoms with E-state index in [4.69, 9.17) is 21.4 Å². The number of hydrogen-bond acceptors (Lipinski definition) is 4. The van der Waals surface area contributed by atoms with Crippen LogP contribution in [0.1, 0.15) is 29.8 Å². The SMILES string of the molecule is CC(C)C(=O)Nc1cccc(COc2c(Br)cc(C(=O)NCC(=O)O)cc2Br)c1Cl. The minimum Gasteiger partial charge on any atom is -0.486 e. The van der Waals surface area contributed by atoms with Gasteiger partial charge in [0.1, 0.15) is 18.9 Å². The van der Waals surface area contributed by atoms with Gasteiger partial charge >= 0.3 is 5.97 Å². The highest BCUT2D eigenvalue weighted by molar-refractivity contribution is 9.11. The first-order chi connectivity index (χ1) is 14.1. The van der Waals surface area contributed by atoms with Gasteiger partial charge in [0.05, 0.1) is 19.7 Å². The van der Waals surface area contributed by atoms with Crippen LogP contribution in [0.5, 0.6) is 5.75 Å². The van der Waals surface area contributed by atoms with Crippen LogP contribution in [-0.4, -0.2) is 29.4 Å². The standard InChI is InChI=1S/C20H19Br2ClN2O5/c1-10(2)19(28)25-15-5-3-4-11(17(15)23)9-30-18-13(21)6-12(7-14(18)22)20(29)24-8-16(26)27/h3-7,10H,8-9H2,1-2H3,(H,24,29)(H,25,28)(H,26,27). The van der Waals surface area contributed by atoms with Crippen molar-refractivity contribution in [1.82, 2.24) is 5.32 Å². The number of nitrogens with one attached hydrogen (secondary N) is 2. The van der Waals surface area contributed by atoms with Gasteiger partial charge in [-0.3, -0.25) is 14.4 Å². The van der Waals surface area contributed by atoms with Crippen molar-refractivity contribution in [3.05, 3.63) is 55.4 Å². The van der Waals surface area contributed by atoms with Gasteiger partial charge in [0.2, 0.25) is 5.91 Å². The van der Waals surface area contributed by atoms with Crippen LogP contribution >= 0.6 is 43.5 Å². The van der Waals surface area contributed by atoms with Gasteiger partial charge in [-0.05, 0) is 50.1 Å². The van der Waals surface area contributed by atoms with Gasteiger partial charge in [0, 0.05) is 17.0 Å². The van der Waals surface area contributed by atoms with E-state index >= 15 is 0 Å². The lowest BCUT2D eigenvalue weighted by Gasteiger charge is -2.15. The summed E-state index contributed by atoms with van der Waals surface area (Å²) in [6, 6.07) is 8.31. The molecule has 10 heteroatoms. The molecule has 0 heterocycles. The number of anilines is 1. The first-order valence-electron chi connectivity index (χ1n) is 8.80. The van der Waals surface area contributed by atoms with Crippen LogP contribution in [0, 0.1) is 5.92 Å². The maximum absolute atomic E-state index is 12.1. The fourth-order valence-electron chi connectivity index (χ4n) is 2.30. The molecule has 0 saturated carbocycles. The van der Waals surface area contributed by atoms with E-state index in [0.29, 0.717) is 31.0 Å². The Hall–Kier alpha value is -2.10. The van der Waals surface area contributed by atoms with E-state index in [9.17, 15) is 14.4 Å². The van der Waals surface area contributed by atoms with Crippen molar-refractivity contribution in [2.45, 2.75) is 20.5 Å². The number of carbonyl (C=O) groups excluding carboxylic acids is 2.